The molecule has 0 radical (unpaired) electrons. The molecule has 1 unspecified atom stereocenters. The minimum absolute atomic E-state index is 0.163. The number of hydrogen-bond acceptors (Lipinski definition) is 6. The van der Waals surface area contributed by atoms with Gasteiger partial charge in [-0.1, -0.05) is 0 Å². The van der Waals surface area contributed by atoms with E-state index in [2.05, 4.69) is 27.6 Å². The minimum atomic E-state index is -0.849. The maximum absolute atomic E-state index is 11.5. The van der Waals surface area contributed by atoms with Crippen molar-refractivity contribution in [3.63, 3.8) is 0 Å². The second-order valence-corrected chi connectivity index (χ2v) is 3.67. The van der Waals surface area contributed by atoms with Crippen LogP contribution >= 0.6 is 12.6 Å². The van der Waals surface area contributed by atoms with E-state index in [1.165, 1.54) is 17.2 Å². The maximum atomic E-state index is 11.5. The molecule has 0 saturated carbocycles. The third-order valence-electron chi connectivity index (χ3n) is 2.14. The predicted molar refractivity (Wildman–Crippen MR) is 62.8 cm³/mol. The summed E-state index contributed by atoms with van der Waals surface area (Å²) in [4.78, 5) is 33.0. The summed E-state index contributed by atoms with van der Waals surface area (Å²) in [6.07, 6.45) is 2.59. The van der Waals surface area contributed by atoms with Crippen LogP contribution in [0.5, 0.6) is 0 Å². The number of aromatic nitrogens is 4. The second kappa shape index (κ2) is 4.58. The van der Waals surface area contributed by atoms with Crippen LogP contribution in [0.1, 0.15) is 12.3 Å². The number of hydrogen-bond donors (Lipinski definition) is 2. The number of aromatic amines is 1. The van der Waals surface area contributed by atoms with Crippen LogP contribution in [0.15, 0.2) is 17.4 Å². The third kappa shape index (κ3) is 2.03. The molecule has 0 bridgehead atoms. The highest BCUT2D eigenvalue weighted by atomic mass is 32.1. The van der Waals surface area contributed by atoms with Crippen LogP contribution in [0.3, 0.4) is 0 Å². The summed E-state index contributed by atoms with van der Waals surface area (Å²) in [6.45, 7) is 1.97. The second-order valence-electron chi connectivity index (χ2n) is 3.18. The predicted octanol–water partition coefficient (Wildman–Crippen LogP) is 0.111. The van der Waals surface area contributed by atoms with Gasteiger partial charge in [0.15, 0.2) is 10.9 Å². The number of thiol groups is 1. The number of H-pyrrole nitrogens is 1. The monoisotopic (exact) mass is 254 g/mol. The fourth-order valence-corrected chi connectivity index (χ4v) is 1.64. The molecule has 0 aromatic carbocycles. The molecule has 2 aromatic heterocycles. The van der Waals surface area contributed by atoms with Crippen molar-refractivity contribution in [1.82, 2.24) is 19.5 Å². The molecule has 1 N–H and O–H groups in total. The lowest BCUT2D eigenvalue weighted by Gasteiger charge is -2.11. The summed E-state index contributed by atoms with van der Waals surface area (Å²) in [5, 5.41) is -0.849. The van der Waals surface area contributed by atoms with Gasteiger partial charge in [0.2, 0.25) is 0 Å². The molecule has 2 aromatic rings. The van der Waals surface area contributed by atoms with E-state index in [1.54, 1.807) is 6.92 Å². The average molecular weight is 254 g/mol. The molecule has 7 nitrogen and oxygen atoms in total. The molecule has 0 fully saturated rings. The first-order chi connectivity index (χ1) is 8.15. The van der Waals surface area contributed by atoms with Gasteiger partial charge in [0.25, 0.3) is 0 Å². The summed E-state index contributed by atoms with van der Waals surface area (Å²) in [5.41, 5.74) is 0.0933. The largest absolute Gasteiger partial charge is 0.464 e. The van der Waals surface area contributed by atoms with E-state index < -0.39 is 16.9 Å². The van der Waals surface area contributed by atoms with Gasteiger partial charge in [0, 0.05) is 0 Å². The summed E-state index contributed by atoms with van der Waals surface area (Å²) < 4.78 is 6.25. The summed E-state index contributed by atoms with van der Waals surface area (Å²) >= 11 is 4.13. The zero-order valence-electron chi connectivity index (χ0n) is 8.95. The minimum Gasteiger partial charge on any atom is -0.464 e. The van der Waals surface area contributed by atoms with Crippen molar-refractivity contribution >= 4 is 29.8 Å². The first-order valence-electron chi connectivity index (χ1n) is 4.90. The molecule has 0 saturated heterocycles. The van der Waals surface area contributed by atoms with E-state index >= 15 is 0 Å². The fraction of sp³-hybridized carbons (Fsp3) is 0.333. The fourth-order valence-electron chi connectivity index (χ4n) is 1.39. The highest BCUT2D eigenvalue weighted by Crippen LogP contribution is 2.17. The van der Waals surface area contributed by atoms with Gasteiger partial charge in [0.1, 0.15) is 5.65 Å². The number of esters is 1. The Morgan fingerprint density at radius 3 is 3.12 bits per heavy atom. The van der Waals surface area contributed by atoms with Gasteiger partial charge in [-0.05, 0) is 6.92 Å². The summed E-state index contributed by atoms with van der Waals surface area (Å²) in [6, 6.07) is 0. The molecular weight excluding hydrogens is 244 g/mol. The Hall–Kier alpha value is -1.83. The number of carbonyl (C=O) groups excluding carboxylic acids is 1. The summed E-state index contributed by atoms with van der Waals surface area (Å²) in [7, 11) is 0. The Balaban J connectivity index is 2.46. The Kier molecular flexibility index (Phi) is 3.14. The highest BCUT2D eigenvalue weighted by Gasteiger charge is 2.20. The molecular formula is C9H10N4O3S. The van der Waals surface area contributed by atoms with Crippen molar-refractivity contribution in [1.29, 1.82) is 0 Å². The molecule has 17 heavy (non-hydrogen) atoms. The molecule has 0 amide bonds. The van der Waals surface area contributed by atoms with Crippen molar-refractivity contribution < 1.29 is 9.53 Å². The van der Waals surface area contributed by atoms with E-state index in [0.717, 1.165) is 0 Å². The Labute approximate surface area is 101 Å². The molecule has 8 heteroatoms. The molecule has 0 aliphatic carbocycles. The molecule has 90 valence electrons. The first-order valence-corrected chi connectivity index (χ1v) is 5.41. The summed E-state index contributed by atoms with van der Waals surface area (Å²) in [5.74, 6) is -0.507. The highest BCUT2D eigenvalue weighted by molar-refractivity contribution is 7.81. The van der Waals surface area contributed by atoms with Gasteiger partial charge in [-0.25, -0.2) is 9.78 Å². The van der Waals surface area contributed by atoms with Crippen molar-refractivity contribution in [3.8, 4) is 0 Å². The van der Waals surface area contributed by atoms with Crippen molar-refractivity contribution in [2.24, 2.45) is 0 Å². The van der Waals surface area contributed by atoms with Gasteiger partial charge in [-0.3, -0.25) is 9.36 Å². The van der Waals surface area contributed by atoms with Crippen LogP contribution in [0.4, 0.5) is 0 Å². The van der Waals surface area contributed by atoms with Crippen LogP contribution < -0.4 is 5.56 Å². The van der Waals surface area contributed by atoms with Crippen molar-refractivity contribution in [2.75, 3.05) is 6.61 Å². The van der Waals surface area contributed by atoms with Crippen LogP contribution in [-0.2, 0) is 9.53 Å². The number of carbonyl (C=O) groups is 1. The first kappa shape index (κ1) is 11.6. The zero-order chi connectivity index (χ0) is 12.4. The molecule has 2 rings (SSSR count). The number of nitrogens with zero attached hydrogens (tertiary/aromatic N) is 3. The van der Waals surface area contributed by atoms with Crippen molar-refractivity contribution in [2.45, 2.75) is 12.3 Å². The Morgan fingerprint density at radius 2 is 2.41 bits per heavy atom. The van der Waals surface area contributed by atoms with E-state index in [1.807, 2.05) is 0 Å². The Bertz CT molecular complexity index is 606. The number of imidazole rings is 1. The topological polar surface area (TPSA) is 89.9 Å². The smallest absolute Gasteiger partial charge is 0.339 e. The lowest BCUT2D eigenvalue weighted by Crippen LogP contribution is -2.17. The number of rotatable bonds is 3. The molecule has 0 spiro atoms. The van der Waals surface area contributed by atoms with Crippen molar-refractivity contribution in [3.05, 3.63) is 23.0 Å². The lowest BCUT2D eigenvalue weighted by atomic mass is 10.5. The third-order valence-corrected chi connectivity index (χ3v) is 2.60. The van der Waals surface area contributed by atoms with Gasteiger partial charge in [-0.2, -0.15) is 4.98 Å². The van der Waals surface area contributed by atoms with E-state index in [4.69, 9.17) is 4.74 Å². The lowest BCUT2D eigenvalue weighted by molar-refractivity contribution is -0.144. The molecule has 0 aliphatic heterocycles. The van der Waals surface area contributed by atoms with E-state index in [-0.39, 0.29) is 12.1 Å². The van der Waals surface area contributed by atoms with Crippen LogP contribution in [-0.4, -0.2) is 32.1 Å². The van der Waals surface area contributed by atoms with Gasteiger partial charge < -0.3 is 9.72 Å². The van der Waals surface area contributed by atoms with Crippen LogP contribution in [0.2, 0.25) is 0 Å². The van der Waals surface area contributed by atoms with E-state index in [9.17, 15) is 9.59 Å². The average Bonchev–Trinajstić information content (AvgIpc) is 2.73. The molecule has 1 atom stereocenters. The van der Waals surface area contributed by atoms with Crippen LogP contribution in [0.25, 0.3) is 11.2 Å². The number of ether oxygens (including phenoxy) is 1. The quantitative estimate of drug-likeness (QED) is 0.599. The Morgan fingerprint density at radius 1 is 1.65 bits per heavy atom. The molecule has 2 heterocycles. The normalized spacial score (nSPS) is 12.6. The zero-order valence-corrected chi connectivity index (χ0v) is 9.85. The number of nitrogens with one attached hydrogen (secondary N) is 1. The SMILES string of the molecule is CCOC(=O)C(S)n1cnc2c(=O)nc[nH]c21. The number of fused-ring (bicyclic) bond motifs is 1. The van der Waals surface area contributed by atoms with Crippen LogP contribution in [0, 0.1) is 0 Å². The standard InChI is InChI=1S/C9H10N4O3S/c1-2-16-9(15)8(17)13-4-12-5-6(13)10-3-11-7(5)14/h3-4,8,17H,2H2,1H3,(H,10,11,14). The molecule has 0 aliphatic rings. The van der Waals surface area contributed by atoms with Gasteiger partial charge in [0.05, 0.1) is 19.3 Å². The maximum Gasteiger partial charge on any atom is 0.339 e. The van der Waals surface area contributed by atoms with Gasteiger partial charge in [-0.15, -0.1) is 12.6 Å². The van der Waals surface area contributed by atoms with E-state index in [0.29, 0.717) is 5.65 Å². The van der Waals surface area contributed by atoms with Gasteiger partial charge >= 0.3 is 11.5 Å².